The second-order valence-corrected chi connectivity index (χ2v) is 7.18. The molecule has 1 fully saturated rings. The van der Waals surface area contributed by atoms with Crippen molar-refractivity contribution in [3.8, 4) is 0 Å². The largest absolute Gasteiger partial charge is 0.361 e. The molecule has 116 valence electrons. The van der Waals surface area contributed by atoms with Gasteiger partial charge in [0.25, 0.3) is 0 Å². The molecule has 3 atom stereocenters. The van der Waals surface area contributed by atoms with E-state index in [-0.39, 0.29) is 15.7 Å². The van der Waals surface area contributed by atoms with Gasteiger partial charge in [-0.05, 0) is 25.1 Å². The Hall–Kier alpha value is -1.06. The van der Waals surface area contributed by atoms with E-state index in [0.717, 1.165) is 0 Å². The van der Waals surface area contributed by atoms with E-state index in [4.69, 9.17) is 23.2 Å². The average Bonchev–Trinajstić information content (AvgIpc) is 2.31. The Bertz CT molecular complexity index is 667. The molecule has 2 rings (SSSR count). The van der Waals surface area contributed by atoms with E-state index in [1.807, 2.05) is 0 Å². The van der Waals surface area contributed by atoms with E-state index >= 15 is 0 Å². The smallest absolute Gasteiger partial charge is 0.246 e. The molecule has 1 aliphatic heterocycles. The molecule has 1 aromatic rings. The predicted molar refractivity (Wildman–Crippen MR) is 79.5 cm³/mol. The first-order chi connectivity index (χ1) is 9.70. The first-order valence-corrected chi connectivity index (χ1v) is 8.22. The molecule has 10 heteroatoms. The van der Waals surface area contributed by atoms with Gasteiger partial charge in [0.1, 0.15) is 0 Å². The van der Waals surface area contributed by atoms with Gasteiger partial charge in [0.05, 0.1) is 15.7 Å². The summed E-state index contributed by atoms with van der Waals surface area (Å²) in [6.45, 7) is 1.49. The van der Waals surface area contributed by atoms with Crippen molar-refractivity contribution in [2.75, 3.05) is 4.72 Å². The normalized spacial score (nSPS) is 26.3. The number of nitrogens with one attached hydrogen (secondary N) is 3. The molecule has 7 nitrogen and oxygen atoms in total. The van der Waals surface area contributed by atoms with Crippen LogP contribution in [-0.4, -0.2) is 37.1 Å². The van der Waals surface area contributed by atoms with Gasteiger partial charge in [-0.25, -0.2) is 8.42 Å². The molecule has 0 bridgehead atoms. The lowest BCUT2D eigenvalue weighted by atomic mass is 10.2. The van der Waals surface area contributed by atoms with Crippen molar-refractivity contribution in [3.63, 3.8) is 0 Å². The average molecular weight is 354 g/mol. The standard InChI is InChI=1S/C11H13Cl2N3O4S/c1-5-9(10(17)15-11(18)14-5)21(19,20)16-6-2-3-7(12)8(13)4-6/h2-5,9,11,14,16,18H,1H3,(H,15,17). The zero-order valence-electron chi connectivity index (χ0n) is 10.8. The first-order valence-electron chi connectivity index (χ1n) is 5.92. The van der Waals surface area contributed by atoms with E-state index in [1.165, 1.54) is 25.1 Å². The van der Waals surface area contributed by atoms with Crippen LogP contribution in [0.25, 0.3) is 0 Å². The third-order valence-electron chi connectivity index (χ3n) is 2.93. The summed E-state index contributed by atoms with van der Waals surface area (Å²) in [7, 11) is -4.03. The van der Waals surface area contributed by atoms with Crippen LogP contribution in [0, 0.1) is 0 Å². The molecule has 4 N–H and O–H groups in total. The zero-order valence-corrected chi connectivity index (χ0v) is 13.1. The number of hydrogen-bond acceptors (Lipinski definition) is 5. The van der Waals surface area contributed by atoms with Gasteiger partial charge >= 0.3 is 0 Å². The molecule has 3 unspecified atom stereocenters. The van der Waals surface area contributed by atoms with Gasteiger partial charge in [-0.15, -0.1) is 0 Å². The van der Waals surface area contributed by atoms with Crippen molar-refractivity contribution < 1.29 is 18.3 Å². The number of rotatable bonds is 3. The number of amides is 1. The topological polar surface area (TPSA) is 108 Å². The highest BCUT2D eigenvalue weighted by Gasteiger charge is 2.42. The maximum Gasteiger partial charge on any atom is 0.246 e. The summed E-state index contributed by atoms with van der Waals surface area (Å²) in [5.74, 6) is -0.790. The van der Waals surface area contributed by atoms with E-state index in [1.54, 1.807) is 0 Å². The molecule has 0 radical (unpaired) electrons. The van der Waals surface area contributed by atoms with Crippen LogP contribution in [0.5, 0.6) is 0 Å². The van der Waals surface area contributed by atoms with E-state index in [0.29, 0.717) is 0 Å². The van der Waals surface area contributed by atoms with Crippen molar-refractivity contribution in [1.29, 1.82) is 0 Å². The lowest BCUT2D eigenvalue weighted by Gasteiger charge is -2.32. The van der Waals surface area contributed by atoms with Crippen LogP contribution < -0.4 is 15.4 Å². The van der Waals surface area contributed by atoms with Gasteiger partial charge in [0.15, 0.2) is 11.6 Å². The Morgan fingerprint density at radius 1 is 1.29 bits per heavy atom. The third kappa shape index (κ3) is 3.58. The maximum atomic E-state index is 12.3. The number of hydrogen-bond donors (Lipinski definition) is 4. The fourth-order valence-electron chi connectivity index (χ4n) is 2.02. The molecule has 21 heavy (non-hydrogen) atoms. The van der Waals surface area contributed by atoms with Gasteiger partial charge in [0, 0.05) is 6.04 Å². The molecule has 0 aromatic heterocycles. The van der Waals surface area contributed by atoms with Gasteiger partial charge in [-0.1, -0.05) is 23.2 Å². The van der Waals surface area contributed by atoms with Gasteiger partial charge < -0.3 is 10.4 Å². The highest BCUT2D eigenvalue weighted by Crippen LogP contribution is 2.26. The number of carbonyl (C=O) groups excluding carboxylic acids is 1. The highest BCUT2D eigenvalue weighted by molar-refractivity contribution is 7.94. The van der Waals surface area contributed by atoms with Crippen LogP contribution >= 0.6 is 23.2 Å². The Morgan fingerprint density at radius 3 is 2.52 bits per heavy atom. The number of benzene rings is 1. The molecular formula is C11H13Cl2N3O4S. The number of aliphatic hydroxyl groups excluding tert-OH is 1. The fraction of sp³-hybridized carbons (Fsp3) is 0.364. The van der Waals surface area contributed by atoms with E-state index in [2.05, 4.69) is 15.4 Å². The van der Waals surface area contributed by atoms with Crippen molar-refractivity contribution >= 4 is 44.8 Å². The molecular weight excluding hydrogens is 341 g/mol. The minimum Gasteiger partial charge on any atom is -0.361 e. The second kappa shape index (κ2) is 5.98. The summed E-state index contributed by atoms with van der Waals surface area (Å²) in [4.78, 5) is 11.8. The minimum atomic E-state index is -4.03. The summed E-state index contributed by atoms with van der Waals surface area (Å²) in [5, 5.41) is 13.0. The molecule has 1 heterocycles. The molecule has 1 amide bonds. The monoisotopic (exact) mass is 353 g/mol. The van der Waals surface area contributed by atoms with Crippen LogP contribution in [0.1, 0.15) is 6.92 Å². The Balaban J connectivity index is 2.25. The Kier molecular flexibility index (Phi) is 4.64. The maximum absolute atomic E-state index is 12.3. The van der Waals surface area contributed by atoms with Crippen molar-refractivity contribution in [2.24, 2.45) is 0 Å². The fourth-order valence-corrected chi connectivity index (χ4v) is 3.87. The first kappa shape index (κ1) is 16.3. The molecule has 0 spiro atoms. The molecule has 0 saturated carbocycles. The third-order valence-corrected chi connectivity index (χ3v) is 5.48. The zero-order chi connectivity index (χ0) is 15.8. The summed E-state index contributed by atoms with van der Waals surface area (Å²) >= 11 is 11.6. The summed E-state index contributed by atoms with van der Waals surface area (Å²) < 4.78 is 26.9. The minimum absolute atomic E-state index is 0.187. The summed E-state index contributed by atoms with van der Waals surface area (Å²) in [6.07, 6.45) is -1.27. The SMILES string of the molecule is CC1NC(O)NC(=O)C1S(=O)(=O)Nc1ccc(Cl)c(Cl)c1. The van der Waals surface area contributed by atoms with Crippen LogP contribution in [-0.2, 0) is 14.8 Å². The Labute approximate surface area is 131 Å². The number of anilines is 1. The molecule has 1 saturated heterocycles. The van der Waals surface area contributed by atoms with Gasteiger partial charge in [0.2, 0.25) is 15.9 Å². The number of carbonyl (C=O) groups is 1. The molecule has 1 aromatic carbocycles. The lowest BCUT2D eigenvalue weighted by Crippen LogP contribution is -2.65. The van der Waals surface area contributed by atoms with Crippen molar-refractivity contribution in [3.05, 3.63) is 28.2 Å². The number of halogens is 2. The van der Waals surface area contributed by atoms with Crippen LogP contribution in [0.3, 0.4) is 0 Å². The van der Waals surface area contributed by atoms with Crippen LogP contribution in [0.15, 0.2) is 18.2 Å². The molecule has 0 aliphatic carbocycles. The number of aliphatic hydroxyl groups is 1. The van der Waals surface area contributed by atoms with Gasteiger partial charge in [-0.3, -0.25) is 14.8 Å². The molecule has 1 aliphatic rings. The highest BCUT2D eigenvalue weighted by atomic mass is 35.5. The summed E-state index contributed by atoms with van der Waals surface area (Å²) in [6, 6.07) is 3.44. The van der Waals surface area contributed by atoms with Crippen LogP contribution in [0.2, 0.25) is 10.0 Å². The second-order valence-electron chi connectivity index (χ2n) is 4.56. The van der Waals surface area contributed by atoms with Gasteiger partial charge in [-0.2, -0.15) is 0 Å². The lowest BCUT2D eigenvalue weighted by molar-refractivity contribution is -0.127. The van der Waals surface area contributed by atoms with E-state index in [9.17, 15) is 18.3 Å². The Morgan fingerprint density at radius 2 is 1.95 bits per heavy atom. The van der Waals surface area contributed by atoms with E-state index < -0.39 is 33.6 Å². The predicted octanol–water partition coefficient (Wildman–Crippen LogP) is 0.488. The van der Waals surface area contributed by atoms with Crippen molar-refractivity contribution in [1.82, 2.24) is 10.6 Å². The summed E-state index contributed by atoms with van der Waals surface area (Å²) in [5.41, 5.74) is 0.190. The quantitative estimate of drug-likeness (QED) is 0.632. The van der Waals surface area contributed by atoms with Crippen LogP contribution in [0.4, 0.5) is 5.69 Å². The number of sulfonamides is 1. The van der Waals surface area contributed by atoms with Crippen molar-refractivity contribution in [2.45, 2.75) is 24.6 Å².